The van der Waals surface area contributed by atoms with Crippen LogP contribution in [0.3, 0.4) is 0 Å². The third kappa shape index (κ3) is 10.5. The van der Waals surface area contributed by atoms with E-state index in [0.29, 0.717) is 38.5 Å². The Kier molecular flexibility index (Phi) is 11.6. The molecule has 0 aliphatic carbocycles. The van der Waals surface area contributed by atoms with Crippen molar-refractivity contribution in [1.82, 2.24) is 9.97 Å². The Labute approximate surface area is 186 Å². The van der Waals surface area contributed by atoms with Gasteiger partial charge in [-0.05, 0) is 25.7 Å². The van der Waals surface area contributed by atoms with Crippen LogP contribution < -0.4 is 10.3 Å². The highest BCUT2D eigenvalue weighted by Gasteiger charge is 2.22. The molecule has 2 aromatic rings. The fraction of sp³-hybridized carbons (Fsp3) is 0.444. The van der Waals surface area contributed by atoms with Gasteiger partial charge in [0.2, 0.25) is 20.0 Å². The maximum Gasteiger partial charge on any atom is 0.212 e. The van der Waals surface area contributed by atoms with Crippen LogP contribution in [0.25, 0.3) is 0 Å². The van der Waals surface area contributed by atoms with Gasteiger partial charge in [-0.25, -0.2) is 37.1 Å². The van der Waals surface area contributed by atoms with E-state index in [1.54, 1.807) is 24.5 Å². The first-order valence-electron chi connectivity index (χ1n) is 9.09. The van der Waals surface area contributed by atoms with E-state index in [0.717, 1.165) is 10.0 Å². The number of allylic oxidation sites excluding steroid dienone is 2. The molecule has 2 rings (SSSR count). The van der Waals surface area contributed by atoms with Gasteiger partial charge in [0.1, 0.15) is 0 Å². The zero-order valence-corrected chi connectivity index (χ0v) is 19.9. The number of nitrogens with two attached hydrogens (primary N) is 2. The first kappa shape index (κ1) is 26.6. The summed E-state index contributed by atoms with van der Waals surface area (Å²) in [5.74, 6) is 0. The van der Waals surface area contributed by atoms with E-state index in [9.17, 15) is 16.8 Å². The van der Waals surface area contributed by atoms with Crippen molar-refractivity contribution in [1.29, 1.82) is 0 Å². The van der Waals surface area contributed by atoms with Gasteiger partial charge in [-0.2, -0.15) is 0 Å². The molecule has 2 heterocycles. The summed E-state index contributed by atoms with van der Waals surface area (Å²) in [5.41, 5.74) is 0. The van der Waals surface area contributed by atoms with Gasteiger partial charge in [-0.1, -0.05) is 12.2 Å². The monoisotopic (exact) mass is 492 g/mol. The van der Waals surface area contributed by atoms with E-state index in [4.69, 9.17) is 10.3 Å². The summed E-state index contributed by atoms with van der Waals surface area (Å²) in [6, 6.07) is 0. The minimum absolute atomic E-state index is 0.393. The number of sulfonamides is 2. The van der Waals surface area contributed by atoms with Crippen LogP contribution in [0.15, 0.2) is 48.5 Å². The summed E-state index contributed by atoms with van der Waals surface area (Å²) in [4.78, 5) is 8.10. The highest BCUT2D eigenvalue weighted by Crippen LogP contribution is 2.16. The van der Waals surface area contributed by atoms with Crippen molar-refractivity contribution in [2.45, 2.75) is 49.0 Å². The topological polar surface area (TPSA) is 146 Å². The van der Waals surface area contributed by atoms with Crippen LogP contribution in [0.1, 0.15) is 35.7 Å². The molecule has 2 aromatic heterocycles. The second-order valence-electron chi connectivity index (χ2n) is 6.41. The molecule has 0 saturated carbocycles. The SMILES string of the molecule is C=CCC[C@@H](Cc1nccs1)S(N)(=O)=O.C=CCC[C@H](Cc1nccs1)S(N)(=O)=O. The molecule has 0 aliphatic rings. The van der Waals surface area contributed by atoms with E-state index < -0.39 is 30.5 Å². The molecule has 12 heteroatoms. The first-order chi connectivity index (χ1) is 14.1. The molecule has 0 unspecified atom stereocenters. The van der Waals surface area contributed by atoms with Crippen molar-refractivity contribution in [3.8, 4) is 0 Å². The Morgan fingerprint density at radius 2 is 1.20 bits per heavy atom. The lowest BCUT2D eigenvalue weighted by molar-refractivity contribution is 0.570. The highest BCUT2D eigenvalue weighted by atomic mass is 32.2. The normalized spacial score (nSPS) is 13.7. The number of primary sulfonamides is 2. The summed E-state index contributed by atoms with van der Waals surface area (Å²) in [5, 5.41) is 14.4. The Bertz CT molecular complexity index is 876. The standard InChI is InChI=1S/2C9H14N2O2S2/c2*1-2-3-4-8(15(10,12)13)7-9-11-5-6-14-9/h2*2,5-6,8H,1,3-4,7H2,(H2,10,12,13)/t2*8-/m10/s1. The fourth-order valence-electron chi connectivity index (χ4n) is 2.47. The lowest BCUT2D eigenvalue weighted by atomic mass is 10.2. The highest BCUT2D eigenvalue weighted by molar-refractivity contribution is 7.90. The maximum absolute atomic E-state index is 11.3. The van der Waals surface area contributed by atoms with Crippen molar-refractivity contribution in [3.05, 3.63) is 58.5 Å². The van der Waals surface area contributed by atoms with E-state index in [1.807, 2.05) is 10.8 Å². The van der Waals surface area contributed by atoms with Gasteiger partial charge in [-0.15, -0.1) is 35.8 Å². The molecule has 0 amide bonds. The number of hydrogen-bond donors (Lipinski definition) is 2. The summed E-state index contributed by atoms with van der Waals surface area (Å²) in [7, 11) is -6.99. The predicted octanol–water partition coefficient (Wildman–Crippen LogP) is 2.62. The van der Waals surface area contributed by atoms with Crippen LogP contribution in [0.2, 0.25) is 0 Å². The van der Waals surface area contributed by atoms with E-state index in [1.165, 1.54) is 22.7 Å². The van der Waals surface area contributed by atoms with Crippen molar-refractivity contribution in [2.75, 3.05) is 0 Å². The van der Waals surface area contributed by atoms with Gasteiger partial charge >= 0.3 is 0 Å². The molecule has 8 nitrogen and oxygen atoms in total. The molecule has 0 aliphatic heterocycles. The summed E-state index contributed by atoms with van der Waals surface area (Å²) in [6.45, 7) is 7.13. The van der Waals surface area contributed by atoms with Crippen molar-refractivity contribution >= 4 is 42.7 Å². The Hall–Kier alpha value is -1.44. The molecule has 0 fully saturated rings. The lowest BCUT2D eigenvalue weighted by Crippen LogP contribution is -2.30. The summed E-state index contributed by atoms with van der Waals surface area (Å²) < 4.78 is 45.1. The van der Waals surface area contributed by atoms with Crippen LogP contribution in [-0.2, 0) is 32.9 Å². The molecule has 2 atom stereocenters. The van der Waals surface area contributed by atoms with Crippen molar-refractivity contribution in [3.63, 3.8) is 0 Å². The fourth-order valence-corrected chi connectivity index (χ4v) is 5.79. The van der Waals surface area contributed by atoms with Gasteiger partial charge in [-0.3, -0.25) is 0 Å². The zero-order chi connectivity index (χ0) is 22.6. The number of thiazole rings is 2. The van der Waals surface area contributed by atoms with Gasteiger partial charge in [0, 0.05) is 36.0 Å². The van der Waals surface area contributed by atoms with Gasteiger partial charge in [0.05, 0.1) is 20.5 Å². The minimum Gasteiger partial charge on any atom is -0.250 e. The second-order valence-corrected chi connectivity index (χ2v) is 12.1. The van der Waals surface area contributed by atoms with Crippen molar-refractivity contribution < 1.29 is 16.8 Å². The van der Waals surface area contributed by atoms with Gasteiger partial charge < -0.3 is 0 Å². The molecule has 30 heavy (non-hydrogen) atoms. The molecular weight excluding hydrogens is 464 g/mol. The van der Waals surface area contributed by atoms with Crippen LogP contribution in [0, 0.1) is 0 Å². The van der Waals surface area contributed by atoms with E-state index in [-0.39, 0.29) is 0 Å². The molecule has 0 bridgehead atoms. The lowest BCUT2D eigenvalue weighted by Gasteiger charge is -2.11. The van der Waals surface area contributed by atoms with Crippen molar-refractivity contribution in [2.24, 2.45) is 10.3 Å². The van der Waals surface area contributed by atoms with Gasteiger partial charge in [0.25, 0.3) is 0 Å². The smallest absolute Gasteiger partial charge is 0.212 e. The summed E-state index contributed by atoms with van der Waals surface area (Å²) >= 11 is 2.89. The number of hydrogen-bond acceptors (Lipinski definition) is 8. The average Bonchev–Trinajstić information content (AvgIpc) is 3.34. The number of rotatable bonds is 12. The molecule has 0 saturated heterocycles. The number of aromatic nitrogens is 2. The maximum atomic E-state index is 11.3. The molecule has 0 spiro atoms. The first-order valence-corrected chi connectivity index (χ1v) is 14.1. The molecule has 0 radical (unpaired) electrons. The molecule has 168 valence electrons. The van der Waals surface area contributed by atoms with Gasteiger partial charge in [0.15, 0.2) is 0 Å². The molecule has 4 N–H and O–H groups in total. The Balaban J connectivity index is 0.000000300. The average molecular weight is 493 g/mol. The Morgan fingerprint density at radius 1 is 0.833 bits per heavy atom. The van der Waals surface area contributed by atoms with Crippen LogP contribution in [0.5, 0.6) is 0 Å². The zero-order valence-electron chi connectivity index (χ0n) is 16.6. The van der Waals surface area contributed by atoms with E-state index >= 15 is 0 Å². The Morgan fingerprint density at radius 3 is 1.43 bits per heavy atom. The summed E-state index contributed by atoms with van der Waals surface area (Å²) in [6.07, 6.45) is 9.79. The molecule has 0 aromatic carbocycles. The minimum atomic E-state index is -3.49. The van der Waals surface area contributed by atoms with Crippen LogP contribution in [-0.4, -0.2) is 37.3 Å². The second kappa shape index (κ2) is 13.1. The van der Waals surface area contributed by atoms with E-state index in [2.05, 4.69) is 23.1 Å². The molecular formula is C18H28N4O4S4. The largest absolute Gasteiger partial charge is 0.250 e. The quantitative estimate of drug-likeness (QED) is 0.435. The third-order valence-corrected chi connectivity index (χ3v) is 8.35. The number of nitrogens with zero attached hydrogens (tertiary/aromatic N) is 2. The van der Waals surface area contributed by atoms with Crippen LogP contribution >= 0.6 is 22.7 Å². The third-order valence-electron chi connectivity index (χ3n) is 4.09. The van der Waals surface area contributed by atoms with Crippen LogP contribution in [0.4, 0.5) is 0 Å². The predicted molar refractivity (Wildman–Crippen MR) is 124 cm³/mol.